The summed E-state index contributed by atoms with van der Waals surface area (Å²) in [6.45, 7) is 4.42. The van der Waals surface area contributed by atoms with E-state index in [0.717, 1.165) is 5.75 Å². The second-order valence-electron chi connectivity index (χ2n) is 1.37. The Bertz CT molecular complexity index is 130. The molecule has 2 nitrogen and oxygen atoms in total. The van der Waals surface area contributed by atoms with Crippen molar-refractivity contribution >= 4 is 41.8 Å². The molecule has 0 aromatic rings. The molecule has 10 heavy (non-hydrogen) atoms. The number of hydrogen-bond acceptors (Lipinski definition) is 4. The average Bonchev–Trinajstić information content (AvgIpc) is 1.84. The van der Waals surface area contributed by atoms with E-state index in [1.165, 1.54) is 12.0 Å². The van der Waals surface area contributed by atoms with E-state index in [-0.39, 0.29) is 0 Å². The van der Waals surface area contributed by atoms with E-state index in [0.29, 0.717) is 6.61 Å². The Kier molecular flexibility index (Phi) is 6.61. The molecule has 0 saturated carbocycles. The van der Waals surface area contributed by atoms with Crippen LogP contribution in [0, 0.1) is 0 Å². The molecule has 0 fully saturated rings. The van der Waals surface area contributed by atoms with Crippen LogP contribution in [0.1, 0.15) is 13.8 Å². The Morgan fingerprint density at radius 1 is 1.60 bits per heavy atom. The summed E-state index contributed by atoms with van der Waals surface area (Å²) in [5.74, 6) is 0.867. The molecular weight excluding hydrogens is 207 g/mol. The molecule has 0 heterocycles. The molecule has 6 heteroatoms. The summed E-state index contributed by atoms with van der Waals surface area (Å²) in [4.78, 5) is 0. The molecule has 1 unspecified atom stereocenters. The summed E-state index contributed by atoms with van der Waals surface area (Å²) in [7, 11) is 0. The first-order valence-corrected chi connectivity index (χ1v) is 7.61. The zero-order valence-electron chi connectivity index (χ0n) is 5.94. The molecule has 0 bridgehead atoms. The highest BCUT2D eigenvalue weighted by Crippen LogP contribution is 2.56. The second-order valence-corrected chi connectivity index (χ2v) is 7.81. The maximum atomic E-state index is 5.10. The standard InChI is InChI=1S/C4H11O2PS3/c1-3-5-7(8,9)6-10-4-2/h3-4H2,1-2H3,(H,8,9). The van der Waals surface area contributed by atoms with Gasteiger partial charge in [0, 0.05) is 5.75 Å². The third-order valence-electron chi connectivity index (χ3n) is 0.557. The van der Waals surface area contributed by atoms with Gasteiger partial charge in [0.05, 0.1) is 6.61 Å². The molecule has 0 aliphatic rings. The van der Waals surface area contributed by atoms with Gasteiger partial charge in [0.1, 0.15) is 0 Å². The topological polar surface area (TPSA) is 18.5 Å². The minimum Gasteiger partial charge on any atom is -0.322 e. The number of rotatable bonds is 5. The van der Waals surface area contributed by atoms with Crippen LogP contribution in [-0.4, -0.2) is 12.4 Å². The van der Waals surface area contributed by atoms with Crippen LogP contribution in [-0.2, 0) is 20.3 Å². The van der Waals surface area contributed by atoms with E-state index >= 15 is 0 Å². The molecule has 0 spiro atoms. The van der Waals surface area contributed by atoms with Gasteiger partial charge in [0.25, 0.3) is 5.69 Å². The van der Waals surface area contributed by atoms with Gasteiger partial charge >= 0.3 is 0 Å². The van der Waals surface area contributed by atoms with Gasteiger partial charge in [-0.25, -0.2) is 0 Å². The fraction of sp³-hybridized carbons (Fsp3) is 1.00. The third-order valence-corrected chi connectivity index (χ3v) is 4.36. The maximum absolute atomic E-state index is 5.10. The molecule has 0 aromatic carbocycles. The molecule has 0 rings (SSSR count). The van der Waals surface area contributed by atoms with Crippen molar-refractivity contribution in [3.05, 3.63) is 0 Å². The zero-order chi connectivity index (χ0) is 8.04. The average molecular weight is 218 g/mol. The van der Waals surface area contributed by atoms with Crippen molar-refractivity contribution in [3.63, 3.8) is 0 Å². The lowest BCUT2D eigenvalue weighted by molar-refractivity contribution is 0.354. The molecule has 0 radical (unpaired) electrons. The van der Waals surface area contributed by atoms with Crippen LogP contribution in [0.2, 0.25) is 0 Å². The molecule has 62 valence electrons. The predicted molar refractivity (Wildman–Crippen MR) is 54.1 cm³/mol. The summed E-state index contributed by atoms with van der Waals surface area (Å²) >= 11 is 10.3. The summed E-state index contributed by atoms with van der Waals surface area (Å²) < 4.78 is 10.2. The highest BCUT2D eigenvalue weighted by Gasteiger charge is 2.11. The van der Waals surface area contributed by atoms with Gasteiger partial charge < -0.3 is 4.52 Å². The van der Waals surface area contributed by atoms with Crippen molar-refractivity contribution in [2.75, 3.05) is 12.4 Å². The number of thiol groups is 1. The van der Waals surface area contributed by atoms with Gasteiger partial charge in [-0.1, -0.05) is 19.2 Å². The minimum absolute atomic E-state index is 0.561. The Morgan fingerprint density at radius 2 is 2.20 bits per heavy atom. The second kappa shape index (κ2) is 5.86. The Morgan fingerprint density at radius 3 is 2.60 bits per heavy atom. The van der Waals surface area contributed by atoms with Crippen molar-refractivity contribution in [2.45, 2.75) is 13.8 Å². The van der Waals surface area contributed by atoms with Crippen LogP contribution >= 0.6 is 30.0 Å². The Balaban J connectivity index is 3.53. The minimum atomic E-state index is -2.22. The molecule has 0 saturated heterocycles. The zero-order valence-corrected chi connectivity index (χ0v) is 9.36. The normalized spacial score (nSPS) is 16.7. The van der Waals surface area contributed by atoms with Gasteiger partial charge in [-0.3, -0.25) is 3.97 Å². The molecular formula is C4H11O2PS3. The van der Waals surface area contributed by atoms with E-state index in [4.69, 9.17) is 20.3 Å². The van der Waals surface area contributed by atoms with E-state index in [2.05, 4.69) is 12.2 Å². The molecule has 0 aromatic heterocycles. The van der Waals surface area contributed by atoms with Crippen molar-refractivity contribution in [1.29, 1.82) is 0 Å². The largest absolute Gasteiger partial charge is 0.322 e. The van der Waals surface area contributed by atoms with Crippen LogP contribution in [0.4, 0.5) is 0 Å². The molecule has 0 aliphatic heterocycles. The monoisotopic (exact) mass is 218 g/mol. The van der Waals surface area contributed by atoms with Crippen molar-refractivity contribution in [1.82, 2.24) is 0 Å². The highest BCUT2D eigenvalue weighted by molar-refractivity contribution is 8.61. The quantitative estimate of drug-likeness (QED) is 0.434. The van der Waals surface area contributed by atoms with Gasteiger partial charge in [-0.05, 0) is 30.8 Å². The SMILES string of the molecule is CCOP(=S)(S)OSCC. The fourth-order valence-electron chi connectivity index (χ4n) is 0.304. The van der Waals surface area contributed by atoms with Crippen molar-refractivity contribution < 1.29 is 8.49 Å². The van der Waals surface area contributed by atoms with E-state index < -0.39 is 5.69 Å². The summed E-state index contributed by atoms with van der Waals surface area (Å²) in [6.07, 6.45) is 0. The van der Waals surface area contributed by atoms with E-state index in [9.17, 15) is 0 Å². The lowest BCUT2D eigenvalue weighted by Crippen LogP contribution is -1.83. The molecule has 0 N–H and O–H groups in total. The smallest absolute Gasteiger partial charge is 0.255 e. The highest BCUT2D eigenvalue weighted by atomic mass is 32.9. The summed E-state index contributed by atoms with van der Waals surface area (Å²) in [5.41, 5.74) is -2.22. The van der Waals surface area contributed by atoms with Gasteiger partial charge in [-0.15, -0.1) is 0 Å². The summed E-state index contributed by atoms with van der Waals surface area (Å²) in [6, 6.07) is 0. The van der Waals surface area contributed by atoms with Crippen LogP contribution in [0.25, 0.3) is 0 Å². The van der Waals surface area contributed by atoms with Crippen LogP contribution < -0.4 is 0 Å². The van der Waals surface area contributed by atoms with Crippen molar-refractivity contribution in [2.24, 2.45) is 0 Å². The van der Waals surface area contributed by atoms with Gasteiger partial charge in [0.15, 0.2) is 0 Å². The van der Waals surface area contributed by atoms with Crippen LogP contribution in [0.3, 0.4) is 0 Å². The maximum Gasteiger partial charge on any atom is 0.255 e. The fourth-order valence-corrected chi connectivity index (χ4v) is 3.23. The summed E-state index contributed by atoms with van der Waals surface area (Å²) in [5, 5.41) is 0. The Labute approximate surface area is 76.6 Å². The Hall–Kier alpha value is 1.27. The van der Waals surface area contributed by atoms with E-state index in [1.54, 1.807) is 0 Å². The lowest BCUT2D eigenvalue weighted by Gasteiger charge is -2.12. The molecule has 1 atom stereocenters. The molecule has 0 aliphatic carbocycles. The number of hydrogen-bond donors (Lipinski definition) is 1. The first-order valence-electron chi connectivity index (χ1n) is 2.91. The van der Waals surface area contributed by atoms with Crippen LogP contribution in [0.5, 0.6) is 0 Å². The van der Waals surface area contributed by atoms with Crippen LogP contribution in [0.15, 0.2) is 0 Å². The van der Waals surface area contributed by atoms with Gasteiger partial charge in [-0.2, -0.15) is 0 Å². The van der Waals surface area contributed by atoms with E-state index in [1.807, 2.05) is 13.8 Å². The first-order chi connectivity index (χ1) is 4.62. The predicted octanol–water partition coefficient (Wildman–Crippen LogP) is 2.86. The lowest BCUT2D eigenvalue weighted by atomic mass is 10.9. The third kappa shape index (κ3) is 6.01. The molecule has 0 amide bonds. The van der Waals surface area contributed by atoms with Crippen molar-refractivity contribution in [3.8, 4) is 0 Å². The van der Waals surface area contributed by atoms with Gasteiger partial charge in [0.2, 0.25) is 0 Å². The first kappa shape index (κ1) is 11.3.